The van der Waals surface area contributed by atoms with Gasteiger partial charge in [0, 0.05) is 10.3 Å². The summed E-state index contributed by atoms with van der Waals surface area (Å²) in [5, 5.41) is 19.1. The number of imidazole rings is 1. The van der Waals surface area contributed by atoms with Gasteiger partial charge in [0.2, 0.25) is 11.8 Å². The lowest BCUT2D eigenvalue weighted by molar-refractivity contribution is 0.454. The summed E-state index contributed by atoms with van der Waals surface area (Å²) in [6, 6.07) is 0.137. The van der Waals surface area contributed by atoms with E-state index in [1.54, 1.807) is 16.8 Å². The number of H-pyrrole nitrogens is 2. The zero-order valence-electron chi connectivity index (χ0n) is 18.8. The topological polar surface area (TPSA) is 136 Å². The fraction of sp³-hybridized carbons (Fsp3) is 0.409. The van der Waals surface area contributed by atoms with Gasteiger partial charge in [-0.05, 0) is 44.3 Å². The summed E-state index contributed by atoms with van der Waals surface area (Å²) in [4.78, 5) is 30.4. The van der Waals surface area contributed by atoms with Crippen molar-refractivity contribution in [1.82, 2.24) is 29.5 Å². The number of allylic oxidation sites excluding steroid dienone is 2. The highest BCUT2D eigenvalue weighted by molar-refractivity contribution is 6.30. The Morgan fingerprint density at radius 2 is 2.18 bits per heavy atom. The molecule has 3 aromatic heterocycles. The molecule has 11 heteroatoms. The summed E-state index contributed by atoms with van der Waals surface area (Å²) in [6.45, 7) is 6.04. The molecule has 1 unspecified atom stereocenters. The van der Waals surface area contributed by atoms with Crippen molar-refractivity contribution < 1.29 is 5.11 Å². The first-order chi connectivity index (χ1) is 15.9. The van der Waals surface area contributed by atoms with Crippen LogP contribution in [0, 0.1) is 0 Å². The molecule has 0 radical (unpaired) electrons. The van der Waals surface area contributed by atoms with Crippen molar-refractivity contribution in [2.75, 3.05) is 5.32 Å². The molecule has 0 saturated heterocycles. The van der Waals surface area contributed by atoms with Crippen LogP contribution in [0.5, 0.6) is 5.88 Å². The fourth-order valence-electron chi connectivity index (χ4n) is 3.48. The third kappa shape index (κ3) is 5.00. The first-order valence-electron chi connectivity index (χ1n) is 11.0. The van der Waals surface area contributed by atoms with Crippen molar-refractivity contribution in [2.24, 2.45) is 4.99 Å². The third-order valence-electron chi connectivity index (χ3n) is 5.32. The molecule has 1 saturated carbocycles. The standard InChI is InChI=1S/C22H27ClN8O2/c1-4-7-14(15(23)5-2)16(6-3)26-20-28-18-12(10-17-19(32)29-22(33)27-17)11-24-31(18)21(30-20)25-13-8-9-13/h4,7,10-11,13,16,32H,5-6,8-9H2,1-3H3,(H,25,26,30)(H2,27,29,33). The van der Waals surface area contributed by atoms with E-state index >= 15 is 0 Å². The Morgan fingerprint density at radius 1 is 1.39 bits per heavy atom. The maximum Gasteiger partial charge on any atom is 0.326 e. The van der Waals surface area contributed by atoms with Crippen LogP contribution in [0.1, 0.15) is 52.1 Å². The number of hydrogen-bond donors (Lipinski definition) is 4. The number of aromatic amines is 2. The quantitative estimate of drug-likeness (QED) is 0.372. The highest BCUT2D eigenvalue weighted by Gasteiger charge is 2.21. The molecule has 0 bridgehead atoms. The van der Waals surface area contributed by atoms with Gasteiger partial charge in [-0.15, -0.1) is 0 Å². The van der Waals surface area contributed by atoms with E-state index in [9.17, 15) is 9.90 Å². The molecular weight excluding hydrogens is 444 g/mol. The second-order valence-corrected chi connectivity index (χ2v) is 8.30. The summed E-state index contributed by atoms with van der Waals surface area (Å²) >= 11 is 6.52. The summed E-state index contributed by atoms with van der Waals surface area (Å²) in [5.74, 6) is 0.147. The van der Waals surface area contributed by atoms with Crippen molar-refractivity contribution in [3.63, 3.8) is 0 Å². The Hall–Kier alpha value is -3.40. The lowest BCUT2D eigenvalue weighted by Gasteiger charge is -2.20. The van der Waals surface area contributed by atoms with E-state index in [-0.39, 0.29) is 23.7 Å². The lowest BCUT2D eigenvalue weighted by atomic mass is 10.0. The van der Waals surface area contributed by atoms with Gasteiger partial charge in [0.1, 0.15) is 5.69 Å². The van der Waals surface area contributed by atoms with Crippen LogP contribution in [0.2, 0.25) is 0 Å². The molecule has 10 nitrogen and oxygen atoms in total. The van der Waals surface area contributed by atoms with Gasteiger partial charge in [-0.2, -0.15) is 19.6 Å². The first kappa shape index (κ1) is 22.8. The monoisotopic (exact) mass is 470 g/mol. The van der Waals surface area contributed by atoms with Gasteiger partial charge in [-0.1, -0.05) is 37.6 Å². The van der Waals surface area contributed by atoms with Gasteiger partial charge in [0.25, 0.3) is 5.62 Å². The van der Waals surface area contributed by atoms with Crippen LogP contribution in [0.4, 0.5) is 5.95 Å². The minimum Gasteiger partial charge on any atom is -0.493 e. The molecule has 3 heterocycles. The van der Waals surface area contributed by atoms with Gasteiger partial charge in [-0.25, -0.2) is 9.79 Å². The van der Waals surface area contributed by atoms with Crippen molar-refractivity contribution in [1.29, 1.82) is 0 Å². The molecule has 0 aromatic carbocycles. The molecule has 0 spiro atoms. The van der Waals surface area contributed by atoms with Gasteiger partial charge in [-0.3, -0.25) is 4.98 Å². The van der Waals surface area contributed by atoms with Crippen molar-refractivity contribution in [2.45, 2.75) is 58.5 Å². The summed E-state index contributed by atoms with van der Waals surface area (Å²) in [5.41, 5.74) is 1.68. The van der Waals surface area contributed by atoms with Crippen LogP contribution in [0.15, 0.2) is 38.7 Å². The number of hydrogen-bond acceptors (Lipinski definition) is 7. The van der Waals surface area contributed by atoms with Crippen LogP contribution in [-0.4, -0.2) is 46.7 Å². The SMILES string of the molecule is CC=CC(=C(Cl)CC)C(CC)Nc1nc(=NC2CC2)n2ncc(=Cc3[nH]c(=O)[nH]c3O)c2n1. The van der Waals surface area contributed by atoms with E-state index in [4.69, 9.17) is 16.6 Å². The summed E-state index contributed by atoms with van der Waals surface area (Å²) < 4.78 is 1.57. The maximum absolute atomic E-state index is 11.5. The molecular formula is C22H27ClN8O2. The highest BCUT2D eigenvalue weighted by atomic mass is 35.5. The van der Waals surface area contributed by atoms with E-state index in [1.807, 2.05) is 26.0 Å². The first-order valence-corrected chi connectivity index (χ1v) is 11.4. The van der Waals surface area contributed by atoms with E-state index in [2.05, 4.69) is 37.3 Å². The Labute approximate surface area is 194 Å². The van der Waals surface area contributed by atoms with Crippen LogP contribution in [0.3, 0.4) is 0 Å². The minimum atomic E-state index is -0.501. The molecule has 3 aromatic rings. The smallest absolute Gasteiger partial charge is 0.326 e. The molecule has 0 aliphatic heterocycles. The Kier molecular flexibility index (Phi) is 6.64. The zero-order chi connectivity index (χ0) is 23.5. The number of aromatic nitrogens is 6. The van der Waals surface area contributed by atoms with Crippen LogP contribution in [-0.2, 0) is 0 Å². The third-order valence-corrected chi connectivity index (χ3v) is 5.80. The van der Waals surface area contributed by atoms with Gasteiger partial charge < -0.3 is 15.4 Å². The van der Waals surface area contributed by atoms with Crippen molar-refractivity contribution in [3.8, 4) is 5.88 Å². The van der Waals surface area contributed by atoms with E-state index < -0.39 is 5.69 Å². The van der Waals surface area contributed by atoms with E-state index in [1.165, 1.54) is 0 Å². The largest absolute Gasteiger partial charge is 0.493 e. The number of anilines is 1. The van der Waals surface area contributed by atoms with Crippen LogP contribution >= 0.6 is 11.6 Å². The predicted octanol–water partition coefficient (Wildman–Crippen LogP) is 2.13. The van der Waals surface area contributed by atoms with E-state index in [0.29, 0.717) is 22.4 Å². The highest BCUT2D eigenvalue weighted by Crippen LogP contribution is 2.23. The van der Waals surface area contributed by atoms with Crippen molar-refractivity contribution in [3.05, 3.63) is 56.0 Å². The Bertz CT molecular complexity index is 1390. The number of fused-ring (bicyclic) bond motifs is 1. The molecule has 1 fully saturated rings. The normalized spacial score (nSPS) is 17.2. The number of nitrogens with one attached hydrogen (secondary N) is 3. The Morgan fingerprint density at radius 3 is 2.79 bits per heavy atom. The summed E-state index contributed by atoms with van der Waals surface area (Å²) in [7, 11) is 0. The number of halogens is 1. The molecule has 1 aliphatic rings. The molecule has 4 N–H and O–H groups in total. The molecule has 0 amide bonds. The van der Waals surface area contributed by atoms with Gasteiger partial charge in [0.15, 0.2) is 5.65 Å². The average molecular weight is 471 g/mol. The van der Waals surface area contributed by atoms with Crippen LogP contribution < -0.4 is 21.8 Å². The lowest BCUT2D eigenvalue weighted by Crippen LogP contribution is -2.28. The number of nitrogens with zero attached hydrogens (tertiary/aromatic N) is 5. The van der Waals surface area contributed by atoms with E-state index in [0.717, 1.165) is 36.3 Å². The molecule has 1 atom stereocenters. The van der Waals surface area contributed by atoms with Gasteiger partial charge in [0.05, 0.1) is 18.3 Å². The molecule has 1 aliphatic carbocycles. The predicted molar refractivity (Wildman–Crippen MR) is 127 cm³/mol. The fourth-order valence-corrected chi connectivity index (χ4v) is 3.67. The Balaban J connectivity index is 1.85. The minimum absolute atomic E-state index is 0.0923. The molecule has 33 heavy (non-hydrogen) atoms. The van der Waals surface area contributed by atoms with Crippen LogP contribution in [0.25, 0.3) is 11.7 Å². The second-order valence-electron chi connectivity index (χ2n) is 7.85. The molecule has 4 rings (SSSR count). The average Bonchev–Trinajstić information content (AvgIpc) is 3.44. The van der Waals surface area contributed by atoms with Gasteiger partial charge >= 0.3 is 5.69 Å². The second kappa shape index (κ2) is 9.62. The molecule has 174 valence electrons. The number of aromatic hydroxyl groups is 1. The maximum atomic E-state index is 11.5. The number of rotatable bonds is 8. The zero-order valence-corrected chi connectivity index (χ0v) is 19.5. The van der Waals surface area contributed by atoms with Crippen molar-refractivity contribution >= 4 is 29.3 Å². The summed E-state index contributed by atoms with van der Waals surface area (Å²) in [6.07, 6.45) is 10.7.